The van der Waals surface area contributed by atoms with Crippen molar-refractivity contribution in [3.8, 4) is 5.69 Å². The molecule has 0 bridgehead atoms. The van der Waals surface area contributed by atoms with Crippen LogP contribution in [0.2, 0.25) is 5.15 Å². The Balaban J connectivity index is 1.14. The van der Waals surface area contributed by atoms with Crippen molar-refractivity contribution >= 4 is 34.6 Å². The molecule has 15 heteroatoms. The van der Waals surface area contributed by atoms with Crippen molar-refractivity contribution in [3.05, 3.63) is 93.6 Å². The van der Waals surface area contributed by atoms with E-state index in [9.17, 15) is 32.7 Å². The lowest BCUT2D eigenvalue weighted by atomic mass is 9.89. The Kier molecular flexibility index (Phi) is 10.7. The van der Waals surface area contributed by atoms with Gasteiger partial charge in [0.05, 0.1) is 48.7 Å². The van der Waals surface area contributed by atoms with Crippen LogP contribution in [-0.2, 0) is 20.8 Å². The number of benzene rings is 2. The number of hydrogen-bond acceptors (Lipinski definition) is 7. The summed E-state index contributed by atoms with van der Waals surface area (Å²) in [6.07, 6.45) is -4.45. The number of piperidine rings is 1. The van der Waals surface area contributed by atoms with Crippen LogP contribution in [0.5, 0.6) is 0 Å². The monoisotopic (exact) mass is 757 g/mol. The molecule has 284 valence electrons. The fourth-order valence-corrected chi connectivity index (χ4v) is 7.24. The molecule has 4 heterocycles. The van der Waals surface area contributed by atoms with Crippen LogP contribution in [0.1, 0.15) is 70.0 Å². The van der Waals surface area contributed by atoms with E-state index in [4.69, 9.17) is 21.1 Å². The molecule has 6 rings (SSSR count). The van der Waals surface area contributed by atoms with Crippen molar-refractivity contribution in [2.24, 2.45) is 0 Å². The number of halogens is 4. The zero-order valence-corrected chi connectivity index (χ0v) is 30.7. The van der Waals surface area contributed by atoms with E-state index in [0.29, 0.717) is 24.5 Å². The highest BCUT2D eigenvalue weighted by molar-refractivity contribution is 6.31. The molecule has 53 heavy (non-hydrogen) atoms. The number of nitrogens with zero attached hydrogens (tertiary/aromatic N) is 5. The summed E-state index contributed by atoms with van der Waals surface area (Å²) < 4.78 is 56.0. The van der Waals surface area contributed by atoms with Crippen LogP contribution in [0.3, 0.4) is 0 Å². The molecule has 0 saturated carbocycles. The predicted molar refractivity (Wildman–Crippen MR) is 192 cm³/mol. The zero-order valence-electron chi connectivity index (χ0n) is 30.0. The second kappa shape index (κ2) is 14.8. The third-order valence-corrected chi connectivity index (χ3v) is 10.0. The third kappa shape index (κ3) is 8.55. The number of rotatable bonds is 7. The Morgan fingerprint density at radius 2 is 1.74 bits per heavy atom. The number of morpholine rings is 1. The Labute approximate surface area is 309 Å². The summed E-state index contributed by atoms with van der Waals surface area (Å²) in [6.45, 7) is 7.96. The van der Waals surface area contributed by atoms with Gasteiger partial charge in [0.2, 0.25) is 5.91 Å². The van der Waals surface area contributed by atoms with Gasteiger partial charge in [0.25, 0.3) is 5.56 Å². The standard InChI is InChI=1S/C38H43ClF3N5O6/c1-24-20-46(35(50)53-36(2,3)4)30(21-52-24)26-10-12-27(13-11-26)47-31(39)18-28-33(47)43-23-45(34(28)49)22-37(51)14-16-44(17-15-37)32(48)19-29(38(40,41)42)25-8-6-5-7-9-25/h5-13,18,23-24,29-30,51H,14-17,19-22H2,1-4H3/t24-,29-,30-/m1/s1. The molecule has 2 aliphatic rings. The van der Waals surface area contributed by atoms with Gasteiger partial charge in [-0.2, -0.15) is 13.2 Å². The minimum atomic E-state index is -4.60. The molecule has 1 N–H and O–H groups in total. The van der Waals surface area contributed by atoms with Gasteiger partial charge >= 0.3 is 12.3 Å². The fourth-order valence-electron chi connectivity index (χ4n) is 6.95. The lowest BCUT2D eigenvalue weighted by Gasteiger charge is -2.39. The van der Waals surface area contributed by atoms with Crippen molar-refractivity contribution in [2.45, 2.75) is 88.9 Å². The van der Waals surface area contributed by atoms with E-state index in [1.165, 1.54) is 46.1 Å². The van der Waals surface area contributed by atoms with E-state index in [1.54, 1.807) is 15.5 Å². The number of fused-ring (bicyclic) bond motifs is 1. The lowest BCUT2D eigenvalue weighted by molar-refractivity contribution is -0.162. The molecule has 0 spiro atoms. The van der Waals surface area contributed by atoms with Crippen molar-refractivity contribution in [3.63, 3.8) is 0 Å². The van der Waals surface area contributed by atoms with E-state index in [0.717, 1.165) is 5.56 Å². The number of aromatic nitrogens is 3. The molecule has 3 atom stereocenters. The molecular weight excluding hydrogens is 715 g/mol. The molecule has 11 nitrogen and oxygen atoms in total. The van der Waals surface area contributed by atoms with Gasteiger partial charge in [-0.05, 0) is 69.9 Å². The van der Waals surface area contributed by atoms with Crippen molar-refractivity contribution in [1.29, 1.82) is 0 Å². The quantitative estimate of drug-likeness (QED) is 0.225. The Morgan fingerprint density at radius 3 is 2.36 bits per heavy atom. The first-order chi connectivity index (χ1) is 24.9. The summed E-state index contributed by atoms with van der Waals surface area (Å²) in [5.74, 6) is -2.58. The van der Waals surface area contributed by atoms with Gasteiger partial charge in [-0.3, -0.25) is 23.6 Å². The highest BCUT2D eigenvalue weighted by atomic mass is 35.5. The molecule has 2 aliphatic heterocycles. The number of carbonyl (C=O) groups excluding carboxylic acids is 2. The summed E-state index contributed by atoms with van der Waals surface area (Å²) in [4.78, 5) is 47.2. The second-order valence-electron chi connectivity index (χ2n) is 14.9. The molecule has 4 aromatic rings. The largest absolute Gasteiger partial charge is 0.444 e. The SMILES string of the molecule is C[C@@H]1CN(C(=O)OC(C)(C)C)[C@@H](c2ccc(-n3c(Cl)cc4c(=O)n(CC5(O)CCN(C(=O)C[C@H](c6ccccc6)C(F)(F)F)CC5)cnc43)cc2)CO1. The highest BCUT2D eigenvalue weighted by Crippen LogP contribution is 2.38. The third-order valence-electron chi connectivity index (χ3n) is 9.76. The van der Waals surface area contributed by atoms with Crippen LogP contribution in [0.15, 0.2) is 71.8 Å². The van der Waals surface area contributed by atoms with Crippen LogP contribution >= 0.6 is 11.6 Å². The molecule has 0 unspecified atom stereocenters. The fraction of sp³-hybridized carbons (Fsp3) is 0.474. The zero-order chi connectivity index (χ0) is 38.3. The maximum Gasteiger partial charge on any atom is 0.410 e. The van der Waals surface area contributed by atoms with Gasteiger partial charge in [0.1, 0.15) is 17.1 Å². The van der Waals surface area contributed by atoms with Crippen LogP contribution in [-0.4, -0.2) is 90.7 Å². The Hall–Kier alpha value is -4.40. The topological polar surface area (TPSA) is 119 Å². The van der Waals surface area contributed by atoms with Crippen LogP contribution in [0.25, 0.3) is 16.7 Å². The second-order valence-corrected chi connectivity index (χ2v) is 15.3. The number of hydrogen-bond donors (Lipinski definition) is 1. The molecule has 2 fully saturated rings. The Morgan fingerprint density at radius 1 is 1.08 bits per heavy atom. The number of aliphatic hydroxyl groups is 1. The smallest absolute Gasteiger partial charge is 0.410 e. The first-order valence-electron chi connectivity index (χ1n) is 17.5. The maximum absolute atomic E-state index is 13.9. The number of carbonyl (C=O) groups is 2. The minimum absolute atomic E-state index is 0.0194. The molecule has 2 saturated heterocycles. The summed E-state index contributed by atoms with van der Waals surface area (Å²) in [5.41, 5.74) is -0.706. The average Bonchev–Trinajstić information content (AvgIpc) is 3.44. The van der Waals surface area contributed by atoms with Gasteiger partial charge in [-0.15, -0.1) is 0 Å². The van der Waals surface area contributed by atoms with E-state index in [2.05, 4.69) is 4.98 Å². The van der Waals surface area contributed by atoms with Gasteiger partial charge in [0, 0.05) is 25.2 Å². The number of alkyl halides is 3. The maximum atomic E-state index is 13.9. The van der Waals surface area contributed by atoms with Gasteiger partial charge in [0.15, 0.2) is 5.65 Å². The Bertz CT molecular complexity index is 2000. The first-order valence-corrected chi connectivity index (χ1v) is 17.9. The molecule has 0 radical (unpaired) electrons. The normalized spacial score (nSPS) is 20.0. The number of ether oxygens (including phenoxy) is 2. The van der Waals surface area contributed by atoms with E-state index < -0.39 is 47.3 Å². The number of likely N-dealkylation sites (tertiary alicyclic amines) is 1. The number of amides is 2. The minimum Gasteiger partial charge on any atom is -0.444 e. The van der Waals surface area contributed by atoms with Gasteiger partial charge in [-0.25, -0.2) is 9.78 Å². The van der Waals surface area contributed by atoms with E-state index >= 15 is 0 Å². The summed E-state index contributed by atoms with van der Waals surface area (Å²) >= 11 is 6.65. The molecule has 0 aliphatic carbocycles. The van der Waals surface area contributed by atoms with Crippen LogP contribution in [0, 0.1) is 0 Å². The van der Waals surface area contributed by atoms with Crippen LogP contribution < -0.4 is 5.56 Å². The predicted octanol–water partition coefficient (Wildman–Crippen LogP) is 6.63. The average molecular weight is 758 g/mol. The van der Waals surface area contributed by atoms with Crippen molar-refractivity contribution in [2.75, 3.05) is 26.2 Å². The molecule has 2 aromatic heterocycles. The van der Waals surface area contributed by atoms with Crippen molar-refractivity contribution in [1.82, 2.24) is 23.9 Å². The van der Waals surface area contributed by atoms with Gasteiger partial charge < -0.3 is 19.5 Å². The molecular formula is C38H43ClF3N5O6. The summed E-state index contributed by atoms with van der Waals surface area (Å²) in [7, 11) is 0. The molecule has 2 aromatic carbocycles. The van der Waals surface area contributed by atoms with E-state index in [-0.39, 0.29) is 60.7 Å². The first kappa shape index (κ1) is 38.3. The summed E-state index contributed by atoms with van der Waals surface area (Å²) in [6, 6.07) is 15.8. The van der Waals surface area contributed by atoms with E-state index in [1.807, 2.05) is 52.0 Å². The molecule has 2 amide bonds. The van der Waals surface area contributed by atoms with Gasteiger partial charge in [-0.1, -0.05) is 54.1 Å². The summed E-state index contributed by atoms with van der Waals surface area (Å²) in [5, 5.41) is 11.9. The highest BCUT2D eigenvalue weighted by Gasteiger charge is 2.44. The lowest BCUT2D eigenvalue weighted by Crippen LogP contribution is -2.50. The van der Waals surface area contributed by atoms with Crippen LogP contribution in [0.4, 0.5) is 18.0 Å². The van der Waals surface area contributed by atoms with Crippen molar-refractivity contribution < 1.29 is 37.3 Å².